The summed E-state index contributed by atoms with van der Waals surface area (Å²) in [5.74, 6) is 0.0863. The van der Waals surface area contributed by atoms with Gasteiger partial charge in [0.25, 0.3) is 5.91 Å². The molecule has 0 spiro atoms. The number of anilines is 1. The molecule has 0 bridgehead atoms. The van der Waals surface area contributed by atoms with Crippen LogP contribution in [0.1, 0.15) is 16.8 Å². The van der Waals surface area contributed by atoms with E-state index in [0.29, 0.717) is 6.54 Å². The van der Waals surface area contributed by atoms with Crippen LogP contribution in [-0.2, 0) is 0 Å². The Kier molecular flexibility index (Phi) is 3.33. The van der Waals surface area contributed by atoms with Crippen molar-refractivity contribution in [2.45, 2.75) is 12.5 Å². The minimum absolute atomic E-state index is 0.0863. The Bertz CT molecular complexity index is 400. The third-order valence-corrected chi connectivity index (χ3v) is 3.14. The molecule has 0 aromatic heterocycles. The lowest BCUT2D eigenvalue weighted by Crippen LogP contribution is -2.31. The van der Waals surface area contributed by atoms with Gasteiger partial charge in [-0.15, -0.1) is 0 Å². The van der Waals surface area contributed by atoms with Gasteiger partial charge in [0.15, 0.2) is 0 Å². The molecule has 1 heterocycles. The molecule has 1 amide bonds. The molecular formula is C13H19N3O. The lowest BCUT2D eigenvalue weighted by atomic mass is 10.2. The number of nitrogens with zero attached hydrogens (tertiary/aromatic N) is 2. The smallest absolute Gasteiger partial charge is 0.253 e. The van der Waals surface area contributed by atoms with Gasteiger partial charge in [-0.25, -0.2) is 0 Å². The first-order valence-electron chi connectivity index (χ1n) is 5.90. The predicted molar refractivity (Wildman–Crippen MR) is 69.3 cm³/mol. The zero-order valence-electron chi connectivity index (χ0n) is 10.4. The molecule has 4 nitrogen and oxygen atoms in total. The molecule has 1 unspecified atom stereocenters. The molecule has 2 rings (SSSR count). The summed E-state index contributed by atoms with van der Waals surface area (Å²) in [6, 6.07) is 7.81. The summed E-state index contributed by atoms with van der Waals surface area (Å²) < 4.78 is 0. The van der Waals surface area contributed by atoms with Crippen molar-refractivity contribution in [2.24, 2.45) is 5.73 Å². The summed E-state index contributed by atoms with van der Waals surface area (Å²) in [5.41, 5.74) is 7.64. The minimum Gasteiger partial charge on any atom is -0.378 e. The molecule has 1 aliphatic heterocycles. The number of rotatable bonds is 2. The number of likely N-dealkylation sites (tertiary alicyclic amines) is 1. The van der Waals surface area contributed by atoms with Gasteiger partial charge in [-0.05, 0) is 30.7 Å². The standard InChI is InChI=1S/C13H19N3O/c1-15(2)12-5-3-10(4-6-12)13(17)16-8-7-11(14)9-16/h3-6,11H,7-9,14H2,1-2H3. The van der Waals surface area contributed by atoms with E-state index < -0.39 is 0 Å². The van der Waals surface area contributed by atoms with Crippen LogP contribution < -0.4 is 10.6 Å². The van der Waals surface area contributed by atoms with E-state index in [9.17, 15) is 4.79 Å². The van der Waals surface area contributed by atoms with Crippen LogP contribution >= 0.6 is 0 Å². The summed E-state index contributed by atoms with van der Waals surface area (Å²) in [7, 11) is 3.96. The van der Waals surface area contributed by atoms with Gasteiger partial charge in [0.05, 0.1) is 0 Å². The van der Waals surface area contributed by atoms with E-state index in [1.807, 2.05) is 48.2 Å². The van der Waals surface area contributed by atoms with Crippen molar-refractivity contribution in [2.75, 3.05) is 32.1 Å². The second-order valence-electron chi connectivity index (χ2n) is 4.74. The van der Waals surface area contributed by atoms with Crippen LogP contribution in [0, 0.1) is 0 Å². The maximum Gasteiger partial charge on any atom is 0.253 e. The molecule has 1 saturated heterocycles. The molecule has 0 saturated carbocycles. The largest absolute Gasteiger partial charge is 0.378 e. The third kappa shape index (κ3) is 2.58. The van der Waals surface area contributed by atoms with Crippen LogP contribution in [-0.4, -0.2) is 44.0 Å². The molecule has 17 heavy (non-hydrogen) atoms. The summed E-state index contributed by atoms with van der Waals surface area (Å²) >= 11 is 0. The first-order valence-corrected chi connectivity index (χ1v) is 5.90. The molecular weight excluding hydrogens is 214 g/mol. The molecule has 2 N–H and O–H groups in total. The van der Waals surface area contributed by atoms with Crippen molar-refractivity contribution in [1.29, 1.82) is 0 Å². The minimum atomic E-state index is 0.0863. The van der Waals surface area contributed by atoms with Crippen molar-refractivity contribution < 1.29 is 4.79 Å². The van der Waals surface area contributed by atoms with Crippen molar-refractivity contribution in [3.05, 3.63) is 29.8 Å². The normalized spacial score (nSPS) is 19.5. The van der Waals surface area contributed by atoms with E-state index >= 15 is 0 Å². The van der Waals surface area contributed by atoms with Gasteiger partial charge in [-0.2, -0.15) is 0 Å². The van der Waals surface area contributed by atoms with Crippen LogP contribution in [0.25, 0.3) is 0 Å². The van der Waals surface area contributed by atoms with E-state index in [0.717, 1.165) is 24.2 Å². The molecule has 1 aliphatic rings. The molecule has 0 radical (unpaired) electrons. The van der Waals surface area contributed by atoms with Crippen molar-refractivity contribution >= 4 is 11.6 Å². The topological polar surface area (TPSA) is 49.6 Å². The maximum absolute atomic E-state index is 12.1. The number of carbonyl (C=O) groups is 1. The van der Waals surface area contributed by atoms with E-state index in [2.05, 4.69) is 0 Å². The van der Waals surface area contributed by atoms with E-state index in [1.165, 1.54) is 0 Å². The fourth-order valence-electron chi connectivity index (χ4n) is 2.06. The van der Waals surface area contributed by atoms with Crippen LogP contribution in [0.15, 0.2) is 24.3 Å². The van der Waals surface area contributed by atoms with Gasteiger partial charge in [-0.3, -0.25) is 4.79 Å². The van der Waals surface area contributed by atoms with Gasteiger partial charge >= 0.3 is 0 Å². The van der Waals surface area contributed by atoms with E-state index in [-0.39, 0.29) is 11.9 Å². The van der Waals surface area contributed by atoms with Crippen LogP contribution in [0.2, 0.25) is 0 Å². The Morgan fingerprint density at radius 1 is 1.35 bits per heavy atom. The highest BCUT2D eigenvalue weighted by atomic mass is 16.2. The average Bonchev–Trinajstić information content (AvgIpc) is 2.75. The highest BCUT2D eigenvalue weighted by molar-refractivity contribution is 5.94. The molecule has 92 valence electrons. The van der Waals surface area contributed by atoms with Gasteiger partial charge in [0, 0.05) is 44.5 Å². The Morgan fingerprint density at radius 2 is 2.00 bits per heavy atom. The first kappa shape index (κ1) is 11.9. The quantitative estimate of drug-likeness (QED) is 0.826. The molecule has 1 aromatic rings. The highest BCUT2D eigenvalue weighted by Gasteiger charge is 2.24. The SMILES string of the molecule is CN(C)c1ccc(C(=O)N2CCC(N)C2)cc1. The Morgan fingerprint density at radius 3 is 2.47 bits per heavy atom. The molecule has 1 fully saturated rings. The first-order chi connectivity index (χ1) is 8.08. The average molecular weight is 233 g/mol. The van der Waals surface area contributed by atoms with Crippen LogP contribution in [0.4, 0.5) is 5.69 Å². The van der Waals surface area contributed by atoms with Crippen LogP contribution in [0.3, 0.4) is 0 Å². The summed E-state index contributed by atoms with van der Waals surface area (Å²) in [5, 5.41) is 0. The van der Waals surface area contributed by atoms with Crippen molar-refractivity contribution in [1.82, 2.24) is 4.90 Å². The monoisotopic (exact) mass is 233 g/mol. The summed E-state index contributed by atoms with van der Waals surface area (Å²) in [4.78, 5) is 16.0. The summed E-state index contributed by atoms with van der Waals surface area (Å²) in [6.07, 6.45) is 0.904. The lowest BCUT2D eigenvalue weighted by molar-refractivity contribution is 0.0791. The van der Waals surface area contributed by atoms with Crippen molar-refractivity contribution in [3.63, 3.8) is 0 Å². The highest BCUT2D eigenvalue weighted by Crippen LogP contribution is 2.16. The Labute approximate surface area is 102 Å². The second kappa shape index (κ2) is 4.75. The second-order valence-corrected chi connectivity index (χ2v) is 4.74. The lowest BCUT2D eigenvalue weighted by Gasteiger charge is -2.17. The van der Waals surface area contributed by atoms with E-state index in [1.54, 1.807) is 0 Å². The van der Waals surface area contributed by atoms with Gasteiger partial charge in [-0.1, -0.05) is 0 Å². The number of benzene rings is 1. The number of nitrogens with two attached hydrogens (primary N) is 1. The predicted octanol–water partition coefficient (Wildman–Crippen LogP) is 0.926. The number of carbonyl (C=O) groups excluding carboxylic acids is 1. The van der Waals surface area contributed by atoms with Gasteiger partial charge in [0.2, 0.25) is 0 Å². The zero-order valence-corrected chi connectivity index (χ0v) is 10.4. The Hall–Kier alpha value is -1.55. The molecule has 0 aliphatic carbocycles. The zero-order chi connectivity index (χ0) is 12.4. The molecule has 4 heteroatoms. The molecule has 1 atom stereocenters. The van der Waals surface area contributed by atoms with Crippen molar-refractivity contribution in [3.8, 4) is 0 Å². The fourth-order valence-corrected chi connectivity index (χ4v) is 2.06. The van der Waals surface area contributed by atoms with E-state index in [4.69, 9.17) is 5.73 Å². The van der Waals surface area contributed by atoms with Gasteiger partial charge < -0.3 is 15.5 Å². The fraction of sp³-hybridized carbons (Fsp3) is 0.462. The molecule has 1 aromatic carbocycles. The Balaban J connectivity index is 2.09. The number of hydrogen-bond acceptors (Lipinski definition) is 3. The third-order valence-electron chi connectivity index (χ3n) is 3.14. The summed E-state index contributed by atoms with van der Waals surface area (Å²) in [6.45, 7) is 1.45. The number of amides is 1. The maximum atomic E-state index is 12.1. The van der Waals surface area contributed by atoms with Crippen LogP contribution in [0.5, 0.6) is 0 Å². The number of hydrogen-bond donors (Lipinski definition) is 1. The van der Waals surface area contributed by atoms with Gasteiger partial charge in [0.1, 0.15) is 0 Å².